The Hall–Kier alpha value is -3.84. The highest BCUT2D eigenvalue weighted by molar-refractivity contribution is 6.30. The van der Waals surface area contributed by atoms with E-state index in [1.54, 1.807) is 16.9 Å². The van der Waals surface area contributed by atoms with E-state index in [4.69, 9.17) is 21.3 Å². The lowest BCUT2D eigenvalue weighted by Gasteiger charge is -2.35. The Morgan fingerprint density at radius 2 is 1.83 bits per heavy atom. The molecule has 2 atom stereocenters. The number of rotatable bonds is 4. The highest BCUT2D eigenvalue weighted by Crippen LogP contribution is 2.45. The molecule has 8 heteroatoms. The molecule has 1 N–H and O–H groups in total. The second kappa shape index (κ2) is 10.0. The van der Waals surface area contributed by atoms with Gasteiger partial charge < -0.3 is 15.0 Å². The first-order chi connectivity index (χ1) is 17.5. The Kier molecular flexibility index (Phi) is 6.65. The molecule has 3 aromatic rings. The summed E-state index contributed by atoms with van der Waals surface area (Å²) in [5, 5.41) is 3.42. The number of nitrogens with zero attached hydrogens (tertiary/aromatic N) is 3. The SMILES string of the molecule is COc1ccccc1C1=NC(c2ccc(Cl)cc2)C(c2cccc(C)c2)N1C(=O)N1CCNC(=O)C1. The average molecular weight is 503 g/mol. The number of halogens is 1. The van der Waals surface area contributed by atoms with Crippen LogP contribution in [0.1, 0.15) is 34.3 Å². The van der Waals surface area contributed by atoms with Crippen molar-refractivity contribution in [1.29, 1.82) is 0 Å². The van der Waals surface area contributed by atoms with Crippen molar-refractivity contribution >= 4 is 29.4 Å². The van der Waals surface area contributed by atoms with Crippen LogP contribution in [0.2, 0.25) is 5.02 Å². The largest absolute Gasteiger partial charge is 0.496 e. The lowest BCUT2D eigenvalue weighted by molar-refractivity contribution is -0.123. The first-order valence-corrected chi connectivity index (χ1v) is 12.2. The maximum absolute atomic E-state index is 14.2. The topological polar surface area (TPSA) is 74.2 Å². The number of para-hydroxylation sites is 1. The van der Waals surface area contributed by atoms with E-state index in [1.807, 2.05) is 73.7 Å². The fraction of sp³-hybridized carbons (Fsp3) is 0.250. The molecule has 0 aliphatic carbocycles. The second-order valence-electron chi connectivity index (χ2n) is 8.93. The fourth-order valence-electron chi connectivity index (χ4n) is 4.83. The van der Waals surface area contributed by atoms with Crippen molar-refractivity contribution in [2.45, 2.75) is 19.0 Å². The number of methoxy groups -OCH3 is 1. The first-order valence-electron chi connectivity index (χ1n) is 11.8. The van der Waals surface area contributed by atoms with Crippen LogP contribution in [0.15, 0.2) is 77.8 Å². The number of nitrogens with one attached hydrogen (secondary N) is 1. The summed E-state index contributed by atoms with van der Waals surface area (Å²) >= 11 is 6.19. The van der Waals surface area contributed by atoms with Crippen molar-refractivity contribution in [2.24, 2.45) is 4.99 Å². The van der Waals surface area contributed by atoms with Crippen LogP contribution in [0, 0.1) is 6.92 Å². The van der Waals surface area contributed by atoms with Crippen LogP contribution in [0.25, 0.3) is 0 Å². The van der Waals surface area contributed by atoms with Crippen LogP contribution in [0.5, 0.6) is 5.75 Å². The molecule has 7 nitrogen and oxygen atoms in total. The molecule has 0 radical (unpaired) electrons. The van der Waals surface area contributed by atoms with E-state index in [1.165, 1.54) is 0 Å². The number of piperazine rings is 1. The quantitative estimate of drug-likeness (QED) is 0.559. The predicted molar refractivity (Wildman–Crippen MR) is 139 cm³/mol. The van der Waals surface area contributed by atoms with Gasteiger partial charge >= 0.3 is 6.03 Å². The van der Waals surface area contributed by atoms with Crippen molar-refractivity contribution in [3.63, 3.8) is 0 Å². The van der Waals surface area contributed by atoms with Crippen LogP contribution in [0.4, 0.5) is 4.79 Å². The van der Waals surface area contributed by atoms with E-state index in [-0.39, 0.29) is 24.5 Å². The molecule has 1 saturated heterocycles. The summed E-state index contributed by atoms with van der Waals surface area (Å²) < 4.78 is 5.65. The Labute approximate surface area is 215 Å². The van der Waals surface area contributed by atoms with Gasteiger partial charge in [0.1, 0.15) is 24.2 Å². The third kappa shape index (κ3) is 4.54. The minimum atomic E-state index is -0.427. The van der Waals surface area contributed by atoms with Gasteiger partial charge in [0.05, 0.1) is 18.7 Å². The lowest BCUT2D eigenvalue weighted by Crippen LogP contribution is -2.55. The summed E-state index contributed by atoms with van der Waals surface area (Å²) in [6, 6.07) is 22.1. The van der Waals surface area contributed by atoms with Crippen molar-refractivity contribution in [1.82, 2.24) is 15.1 Å². The van der Waals surface area contributed by atoms with Gasteiger partial charge in [0, 0.05) is 18.1 Å². The molecular formula is C28H27ClN4O3. The Morgan fingerprint density at radius 3 is 2.56 bits per heavy atom. The predicted octanol–water partition coefficient (Wildman–Crippen LogP) is 4.75. The summed E-state index contributed by atoms with van der Waals surface area (Å²) in [5.74, 6) is 0.950. The van der Waals surface area contributed by atoms with E-state index in [0.29, 0.717) is 35.3 Å². The smallest absolute Gasteiger partial charge is 0.326 e. The van der Waals surface area contributed by atoms with Gasteiger partial charge in [0.25, 0.3) is 0 Å². The van der Waals surface area contributed by atoms with E-state index in [0.717, 1.165) is 16.7 Å². The number of aryl methyl sites for hydroxylation is 1. The zero-order valence-electron chi connectivity index (χ0n) is 20.1. The highest BCUT2D eigenvalue weighted by atomic mass is 35.5. The number of ether oxygens (including phenoxy) is 1. The molecule has 1 fully saturated rings. The van der Waals surface area contributed by atoms with E-state index in [2.05, 4.69) is 11.4 Å². The molecule has 0 saturated carbocycles. The molecule has 2 unspecified atom stereocenters. The number of urea groups is 1. The molecule has 2 heterocycles. The van der Waals surface area contributed by atoms with Crippen molar-refractivity contribution in [3.8, 4) is 5.75 Å². The highest BCUT2D eigenvalue weighted by Gasteiger charge is 2.45. The summed E-state index contributed by atoms with van der Waals surface area (Å²) in [4.78, 5) is 34.8. The summed E-state index contributed by atoms with van der Waals surface area (Å²) in [6.07, 6.45) is 0. The number of benzene rings is 3. The van der Waals surface area contributed by atoms with Crippen molar-refractivity contribution in [2.75, 3.05) is 26.7 Å². The zero-order valence-corrected chi connectivity index (χ0v) is 20.9. The third-order valence-corrected chi connectivity index (χ3v) is 6.78. The Balaban J connectivity index is 1.70. The minimum absolute atomic E-state index is 0.000682. The van der Waals surface area contributed by atoms with Crippen LogP contribution in [-0.2, 0) is 4.79 Å². The number of amides is 3. The van der Waals surface area contributed by atoms with Crippen molar-refractivity contribution < 1.29 is 14.3 Å². The number of aliphatic imine (C=N–C) groups is 1. The fourth-order valence-corrected chi connectivity index (χ4v) is 4.96. The normalized spacial score (nSPS) is 19.6. The molecule has 3 aromatic carbocycles. The maximum atomic E-state index is 14.2. The van der Waals surface area contributed by atoms with Crippen LogP contribution in [-0.4, -0.2) is 54.3 Å². The molecular weight excluding hydrogens is 476 g/mol. The van der Waals surface area contributed by atoms with Gasteiger partial charge in [0.2, 0.25) is 5.91 Å². The molecule has 0 bridgehead atoms. The van der Waals surface area contributed by atoms with Crippen LogP contribution in [0.3, 0.4) is 0 Å². The van der Waals surface area contributed by atoms with E-state index in [9.17, 15) is 9.59 Å². The second-order valence-corrected chi connectivity index (χ2v) is 9.37. The van der Waals surface area contributed by atoms with Crippen LogP contribution < -0.4 is 10.1 Å². The molecule has 2 aliphatic rings. The van der Waals surface area contributed by atoms with E-state index < -0.39 is 6.04 Å². The zero-order chi connectivity index (χ0) is 25.2. The summed E-state index contributed by atoms with van der Waals surface area (Å²) in [5.41, 5.74) is 3.69. The third-order valence-electron chi connectivity index (χ3n) is 6.52. The van der Waals surface area contributed by atoms with Gasteiger partial charge in [-0.05, 0) is 42.3 Å². The van der Waals surface area contributed by atoms with Gasteiger partial charge in [-0.25, -0.2) is 4.79 Å². The Morgan fingerprint density at radius 1 is 1.06 bits per heavy atom. The van der Waals surface area contributed by atoms with Gasteiger partial charge in [-0.15, -0.1) is 0 Å². The van der Waals surface area contributed by atoms with Crippen molar-refractivity contribution in [3.05, 3.63) is 100 Å². The first kappa shape index (κ1) is 23.9. The maximum Gasteiger partial charge on any atom is 0.326 e. The van der Waals surface area contributed by atoms with Gasteiger partial charge in [-0.3, -0.25) is 14.7 Å². The van der Waals surface area contributed by atoms with Gasteiger partial charge in [-0.1, -0.05) is 65.7 Å². The molecule has 0 spiro atoms. The number of hydrogen-bond acceptors (Lipinski definition) is 4. The lowest BCUT2D eigenvalue weighted by atomic mass is 9.93. The monoisotopic (exact) mass is 502 g/mol. The van der Waals surface area contributed by atoms with Gasteiger partial charge in [0.15, 0.2) is 0 Å². The molecule has 3 amide bonds. The molecule has 2 aliphatic heterocycles. The average Bonchev–Trinajstić information content (AvgIpc) is 3.29. The summed E-state index contributed by atoms with van der Waals surface area (Å²) in [7, 11) is 1.60. The molecule has 0 aromatic heterocycles. The van der Waals surface area contributed by atoms with Gasteiger partial charge in [-0.2, -0.15) is 0 Å². The van der Waals surface area contributed by atoms with E-state index >= 15 is 0 Å². The molecule has 184 valence electrons. The molecule has 5 rings (SSSR count). The Bertz CT molecular complexity index is 1320. The summed E-state index contributed by atoms with van der Waals surface area (Å²) in [6.45, 7) is 2.86. The number of hydrogen-bond donors (Lipinski definition) is 1. The number of carbonyl (C=O) groups excluding carboxylic acids is 2. The van der Waals surface area contributed by atoms with Crippen LogP contribution >= 0.6 is 11.6 Å². The molecule has 36 heavy (non-hydrogen) atoms. The number of carbonyl (C=O) groups is 2. The number of amidine groups is 1. The standard InChI is InChI=1S/C28H27ClN4O3/c1-18-6-5-7-20(16-18)26-25(19-10-12-21(29)13-11-19)31-27(22-8-3-4-9-23(22)36-2)33(26)28(35)32-15-14-30-24(34)17-32/h3-13,16,25-26H,14-15,17H2,1-2H3,(H,30,34). The minimum Gasteiger partial charge on any atom is -0.496 e.